The zero-order valence-corrected chi connectivity index (χ0v) is 22.2. The van der Waals surface area contributed by atoms with Crippen LogP contribution in [0.2, 0.25) is 0 Å². The quantitative estimate of drug-likeness (QED) is 0.171. The Morgan fingerprint density at radius 1 is 0.382 bits per heavy atom. The molecule has 4 aliphatic carbocycles. The SMILES string of the molecule is C1CCC([PH+](CC[PH+](C2CCCC2)C2CCCC2)C2CCCC2)C1.F[B-](F)(F)F.F[B-](F)(F)F. The van der Waals surface area contributed by atoms with Gasteiger partial charge in [0.05, 0.1) is 35.0 Å². The second kappa shape index (κ2) is 15.0. The second-order valence-corrected chi connectivity index (χ2v) is 17.1. The third-order valence-electron chi connectivity index (χ3n) is 8.22. The minimum Gasteiger partial charge on any atom is -0.418 e. The summed E-state index contributed by atoms with van der Waals surface area (Å²) in [7, 11) is -12.1. The van der Waals surface area contributed by atoms with Crippen molar-refractivity contribution in [1.29, 1.82) is 0 Å². The lowest BCUT2D eigenvalue weighted by Crippen LogP contribution is -2.18. The average Bonchev–Trinajstić information content (AvgIpc) is 3.52. The first-order valence-electron chi connectivity index (χ1n) is 13.4. The average molecular weight is 542 g/mol. The van der Waals surface area contributed by atoms with E-state index in [1.54, 1.807) is 115 Å². The van der Waals surface area contributed by atoms with Gasteiger partial charge in [0, 0.05) is 15.8 Å². The topological polar surface area (TPSA) is 0 Å². The van der Waals surface area contributed by atoms with Gasteiger partial charge in [-0.1, -0.05) is 0 Å². The van der Waals surface area contributed by atoms with Crippen molar-refractivity contribution in [2.45, 2.75) is 125 Å². The molecular formula is C22H42B2F8P2. The molecule has 0 spiro atoms. The molecule has 0 N–H and O–H groups in total. The van der Waals surface area contributed by atoms with E-state index in [1.807, 2.05) is 0 Å². The summed E-state index contributed by atoms with van der Waals surface area (Å²) in [6.07, 6.45) is 29.3. The fourth-order valence-electron chi connectivity index (χ4n) is 6.96. The number of rotatable bonds is 7. The summed E-state index contributed by atoms with van der Waals surface area (Å²) in [5.74, 6) is 0. The first-order chi connectivity index (χ1) is 15.9. The molecule has 12 heteroatoms. The van der Waals surface area contributed by atoms with Gasteiger partial charge in [0.25, 0.3) is 0 Å². The molecule has 0 aromatic rings. The molecule has 0 amide bonds. The summed E-state index contributed by atoms with van der Waals surface area (Å²) < 4.78 is 78.0. The number of hydrogen-bond acceptors (Lipinski definition) is 0. The zero-order valence-electron chi connectivity index (χ0n) is 20.2. The molecule has 4 saturated carbocycles. The maximum atomic E-state index is 9.75. The van der Waals surface area contributed by atoms with Crippen LogP contribution in [0.3, 0.4) is 0 Å². The smallest absolute Gasteiger partial charge is 0.418 e. The van der Waals surface area contributed by atoms with E-state index in [4.69, 9.17) is 0 Å². The van der Waals surface area contributed by atoms with E-state index < -0.39 is 14.5 Å². The standard InChI is InChI=1S/C22H40P2.2BF4/c1-2-10-19(9-1)23(20-11-3-4-12-20)17-18-24(21-13-5-6-14-21)22-15-7-8-16-22;2*2-1(3,4)5/h19-22H,1-18H2;;/q;2*-1/p+2. The van der Waals surface area contributed by atoms with Gasteiger partial charge in [0.2, 0.25) is 0 Å². The Kier molecular flexibility index (Phi) is 13.5. The Hall–Kier alpha value is 0.430. The predicted molar refractivity (Wildman–Crippen MR) is 136 cm³/mol. The molecule has 4 rings (SSSR count). The van der Waals surface area contributed by atoms with Crippen LogP contribution in [0.25, 0.3) is 0 Å². The molecule has 0 aromatic heterocycles. The van der Waals surface area contributed by atoms with Gasteiger partial charge < -0.3 is 34.5 Å². The summed E-state index contributed by atoms with van der Waals surface area (Å²) in [5.41, 5.74) is 4.98. The van der Waals surface area contributed by atoms with Crippen LogP contribution in [0.1, 0.15) is 103 Å². The highest BCUT2D eigenvalue weighted by atomic mass is 31.1. The molecule has 0 nitrogen and oxygen atoms in total. The van der Waals surface area contributed by atoms with Gasteiger partial charge in [-0.15, -0.1) is 0 Å². The van der Waals surface area contributed by atoms with Crippen LogP contribution < -0.4 is 0 Å². The molecule has 4 aliphatic rings. The Morgan fingerprint density at radius 3 is 0.676 bits per heavy atom. The molecule has 0 aliphatic heterocycles. The van der Waals surface area contributed by atoms with Crippen molar-refractivity contribution in [3.05, 3.63) is 0 Å². The van der Waals surface area contributed by atoms with Crippen molar-refractivity contribution in [2.24, 2.45) is 0 Å². The van der Waals surface area contributed by atoms with E-state index in [2.05, 4.69) is 0 Å². The molecule has 0 heterocycles. The maximum absolute atomic E-state index is 9.75. The van der Waals surface area contributed by atoms with E-state index in [0.717, 1.165) is 0 Å². The van der Waals surface area contributed by atoms with Crippen LogP contribution in [0.15, 0.2) is 0 Å². The minimum atomic E-state index is -6.00. The molecule has 0 unspecified atom stereocenters. The predicted octanol–water partition coefficient (Wildman–Crippen LogP) is 9.79. The molecule has 202 valence electrons. The fraction of sp³-hybridized carbons (Fsp3) is 1.00. The van der Waals surface area contributed by atoms with E-state index in [-0.39, 0.29) is 15.8 Å². The van der Waals surface area contributed by atoms with Crippen LogP contribution >= 0.6 is 15.8 Å². The van der Waals surface area contributed by atoms with Gasteiger partial charge in [0.15, 0.2) is 0 Å². The molecular weight excluding hydrogens is 500 g/mol. The Labute approximate surface area is 202 Å². The minimum absolute atomic E-state index is 0.0270. The third-order valence-corrected chi connectivity index (χ3v) is 16.9. The Morgan fingerprint density at radius 2 is 0.529 bits per heavy atom. The lowest BCUT2D eigenvalue weighted by molar-refractivity contribution is 0.366. The summed E-state index contributed by atoms with van der Waals surface area (Å²) in [5, 5.41) is 0. The molecule has 0 bridgehead atoms. The normalized spacial score (nSPS) is 23.5. The van der Waals surface area contributed by atoms with Gasteiger partial charge in [-0.25, -0.2) is 0 Å². The highest BCUT2D eigenvalue weighted by molar-refractivity contribution is 7.63. The van der Waals surface area contributed by atoms with Crippen LogP contribution in [0.5, 0.6) is 0 Å². The van der Waals surface area contributed by atoms with Crippen molar-refractivity contribution in [2.75, 3.05) is 12.3 Å². The summed E-state index contributed by atoms with van der Waals surface area (Å²) >= 11 is 0. The Balaban J connectivity index is 0.000000347. The molecule has 0 atom stereocenters. The van der Waals surface area contributed by atoms with Gasteiger partial charge in [-0.2, -0.15) is 0 Å². The third kappa shape index (κ3) is 13.1. The van der Waals surface area contributed by atoms with Crippen LogP contribution in [0.4, 0.5) is 34.5 Å². The number of hydrogen-bond donors (Lipinski definition) is 0. The van der Waals surface area contributed by atoms with Crippen LogP contribution in [0, 0.1) is 0 Å². The van der Waals surface area contributed by atoms with E-state index >= 15 is 0 Å². The highest BCUT2D eigenvalue weighted by Crippen LogP contribution is 2.62. The lowest BCUT2D eigenvalue weighted by atomic mass is 10.3. The van der Waals surface area contributed by atoms with E-state index in [1.165, 1.54) is 22.6 Å². The zero-order chi connectivity index (χ0) is 25.2. The Bertz CT molecular complexity index is 448. The van der Waals surface area contributed by atoms with Crippen molar-refractivity contribution >= 4 is 30.4 Å². The van der Waals surface area contributed by atoms with Crippen molar-refractivity contribution < 1.29 is 34.5 Å². The number of halogens is 8. The lowest BCUT2D eigenvalue weighted by Gasteiger charge is -2.26. The monoisotopic (exact) mass is 542 g/mol. The summed E-state index contributed by atoms with van der Waals surface area (Å²) in [6, 6.07) is 0. The van der Waals surface area contributed by atoms with Crippen molar-refractivity contribution in [1.82, 2.24) is 0 Å². The largest absolute Gasteiger partial charge is 0.673 e. The van der Waals surface area contributed by atoms with Gasteiger partial charge in [-0.05, 0) is 103 Å². The van der Waals surface area contributed by atoms with Gasteiger partial charge >= 0.3 is 14.5 Å². The van der Waals surface area contributed by atoms with Gasteiger partial charge in [-0.3, -0.25) is 0 Å². The molecule has 0 radical (unpaired) electrons. The van der Waals surface area contributed by atoms with Crippen molar-refractivity contribution in [3.63, 3.8) is 0 Å². The maximum Gasteiger partial charge on any atom is 0.673 e. The first kappa shape index (κ1) is 30.7. The van der Waals surface area contributed by atoms with Crippen molar-refractivity contribution in [3.8, 4) is 0 Å². The first-order valence-corrected chi connectivity index (χ1v) is 17.1. The van der Waals surface area contributed by atoms with Gasteiger partial charge in [0.1, 0.15) is 0 Å². The summed E-state index contributed by atoms with van der Waals surface area (Å²) in [6.45, 7) is 0. The molecule has 34 heavy (non-hydrogen) atoms. The molecule has 4 fully saturated rings. The van der Waals surface area contributed by atoms with Crippen LogP contribution in [-0.4, -0.2) is 49.5 Å². The van der Waals surface area contributed by atoms with E-state index in [0.29, 0.717) is 0 Å². The van der Waals surface area contributed by atoms with Crippen LogP contribution in [-0.2, 0) is 0 Å². The fourth-order valence-corrected chi connectivity index (χ4v) is 16.8. The molecule has 0 aromatic carbocycles. The second-order valence-electron chi connectivity index (χ2n) is 10.6. The van der Waals surface area contributed by atoms with E-state index in [9.17, 15) is 34.5 Å². The molecule has 0 saturated heterocycles. The summed E-state index contributed by atoms with van der Waals surface area (Å²) in [4.78, 5) is 0. The highest BCUT2D eigenvalue weighted by Gasteiger charge is 2.44.